The van der Waals surface area contributed by atoms with Gasteiger partial charge in [-0.25, -0.2) is 24.0 Å². The Kier molecular flexibility index (Phi) is 8.40. The van der Waals surface area contributed by atoms with Crippen LogP contribution in [0, 0.1) is 0 Å². The Hall–Kier alpha value is -3.91. The van der Waals surface area contributed by atoms with E-state index in [1.807, 2.05) is 0 Å². The molecular weight excluding hydrogens is 640 g/mol. The molecule has 2 aliphatic heterocycles. The second-order valence-electron chi connectivity index (χ2n) is 13.4. The monoisotopic (exact) mass is 678 g/mol. The van der Waals surface area contributed by atoms with Gasteiger partial charge in [0.05, 0.1) is 10.9 Å². The number of carbonyl (C=O) groups excluding carboxylic acids is 1. The number of halogens is 3. The molecule has 17 heteroatoms. The zero-order valence-electron chi connectivity index (χ0n) is 26.8. The molecule has 0 aromatic carbocycles. The number of aromatic nitrogens is 6. The van der Waals surface area contributed by atoms with Crippen LogP contribution in [0.15, 0.2) is 18.3 Å². The maximum atomic E-state index is 14.6. The van der Waals surface area contributed by atoms with Gasteiger partial charge in [0.1, 0.15) is 40.9 Å². The number of rotatable bonds is 5. The van der Waals surface area contributed by atoms with Crippen molar-refractivity contribution in [2.45, 2.75) is 76.9 Å². The molecule has 254 valence electrons. The van der Waals surface area contributed by atoms with Gasteiger partial charge >= 0.3 is 12.3 Å². The molecule has 6 rings (SSSR count). The molecule has 2 saturated heterocycles. The van der Waals surface area contributed by atoms with E-state index in [9.17, 15) is 27.6 Å². The Bertz CT molecular complexity index is 1870. The lowest BCUT2D eigenvalue weighted by Crippen LogP contribution is -2.47. The van der Waals surface area contributed by atoms with E-state index in [4.69, 9.17) is 9.47 Å². The summed E-state index contributed by atoms with van der Waals surface area (Å²) >= 11 is 0. The molecule has 0 bridgehead atoms. The predicted octanol–water partition coefficient (Wildman–Crippen LogP) is 5.62. The number of hydrogen-bond donors (Lipinski definition) is 2. The van der Waals surface area contributed by atoms with E-state index in [-0.39, 0.29) is 46.4 Å². The van der Waals surface area contributed by atoms with Crippen LogP contribution in [0.4, 0.5) is 23.9 Å². The summed E-state index contributed by atoms with van der Waals surface area (Å²) < 4.78 is 71.2. The molecule has 0 spiro atoms. The molecule has 0 saturated carbocycles. The number of carbonyl (C=O) groups is 1. The maximum Gasteiger partial charge on any atom is 0.420 e. The van der Waals surface area contributed by atoms with Crippen molar-refractivity contribution < 1.29 is 37.1 Å². The Morgan fingerprint density at radius 2 is 1.87 bits per heavy atom. The minimum absolute atomic E-state index is 0.0567. The fourth-order valence-corrected chi connectivity index (χ4v) is 7.30. The SMILES string of the molecule is CC(C)(C)OC(=O)N1CCC[C@H](Nc2ncc(C(F)(F)F)c(-c3nn(C4CCCCO4)c4nn5c(P(C)(C)=O)c(O)ccc5c34)n2)C1. The number of amides is 1. The first kappa shape index (κ1) is 33.0. The first-order valence-corrected chi connectivity index (χ1v) is 18.1. The van der Waals surface area contributed by atoms with Crippen LogP contribution in [0.3, 0.4) is 0 Å². The minimum Gasteiger partial charge on any atom is -0.506 e. The summed E-state index contributed by atoms with van der Waals surface area (Å²) in [4.78, 5) is 22.7. The van der Waals surface area contributed by atoms with Gasteiger partial charge in [-0.3, -0.25) is 0 Å². The lowest BCUT2D eigenvalue weighted by Gasteiger charge is -2.34. The predicted molar refractivity (Wildman–Crippen MR) is 169 cm³/mol. The van der Waals surface area contributed by atoms with Crippen molar-refractivity contribution >= 4 is 41.2 Å². The summed E-state index contributed by atoms with van der Waals surface area (Å²) in [6.45, 7) is 9.46. The number of alkyl halides is 3. The van der Waals surface area contributed by atoms with Crippen LogP contribution in [0.2, 0.25) is 0 Å². The average molecular weight is 679 g/mol. The molecule has 0 radical (unpaired) electrons. The summed E-state index contributed by atoms with van der Waals surface area (Å²) in [6, 6.07) is 2.50. The molecule has 2 fully saturated rings. The van der Waals surface area contributed by atoms with E-state index in [0.717, 1.165) is 19.0 Å². The Labute approximate surface area is 268 Å². The number of aromatic hydroxyl groups is 1. The normalized spacial score (nSPS) is 19.8. The summed E-state index contributed by atoms with van der Waals surface area (Å²) in [5.74, 6) is -0.314. The lowest BCUT2D eigenvalue weighted by atomic mass is 10.1. The molecule has 0 aliphatic carbocycles. The highest BCUT2D eigenvalue weighted by atomic mass is 31.2. The summed E-state index contributed by atoms with van der Waals surface area (Å²) in [5.41, 5.74) is -1.81. The molecule has 2 N–H and O–H groups in total. The van der Waals surface area contributed by atoms with E-state index in [1.54, 1.807) is 25.7 Å². The van der Waals surface area contributed by atoms with Gasteiger partial charge in [-0.2, -0.15) is 18.3 Å². The number of ether oxygens (including phenoxy) is 2. The first-order chi connectivity index (χ1) is 22.0. The maximum absolute atomic E-state index is 14.6. The summed E-state index contributed by atoms with van der Waals surface area (Å²) in [6.07, 6.45) is -1.72. The van der Waals surface area contributed by atoms with Gasteiger partial charge in [-0.05, 0) is 78.3 Å². The molecule has 1 unspecified atom stereocenters. The zero-order chi connectivity index (χ0) is 33.9. The number of nitrogens with zero attached hydrogens (tertiary/aromatic N) is 7. The van der Waals surface area contributed by atoms with Gasteiger partial charge in [-0.15, -0.1) is 5.10 Å². The highest BCUT2D eigenvalue weighted by Crippen LogP contribution is 2.43. The van der Waals surface area contributed by atoms with Crippen molar-refractivity contribution in [3.05, 3.63) is 23.9 Å². The largest absolute Gasteiger partial charge is 0.506 e. The van der Waals surface area contributed by atoms with Gasteiger partial charge in [-0.1, -0.05) is 0 Å². The lowest BCUT2D eigenvalue weighted by molar-refractivity contribution is -0.137. The third kappa shape index (κ3) is 6.62. The van der Waals surface area contributed by atoms with Crippen molar-refractivity contribution in [2.75, 3.05) is 38.3 Å². The molecule has 13 nitrogen and oxygen atoms in total. The van der Waals surface area contributed by atoms with Crippen LogP contribution < -0.4 is 10.8 Å². The second-order valence-corrected chi connectivity index (χ2v) is 16.5. The highest BCUT2D eigenvalue weighted by Gasteiger charge is 2.39. The van der Waals surface area contributed by atoms with Crippen molar-refractivity contribution in [2.24, 2.45) is 0 Å². The molecule has 1 amide bonds. The number of pyridine rings is 1. The van der Waals surface area contributed by atoms with E-state index in [0.29, 0.717) is 37.9 Å². The van der Waals surface area contributed by atoms with Crippen LogP contribution >= 0.6 is 7.14 Å². The molecule has 2 aliphatic rings. The van der Waals surface area contributed by atoms with Gasteiger partial charge in [0, 0.05) is 31.9 Å². The van der Waals surface area contributed by atoms with Crippen molar-refractivity contribution in [1.82, 2.24) is 34.3 Å². The van der Waals surface area contributed by atoms with Gasteiger partial charge in [0.15, 0.2) is 11.9 Å². The van der Waals surface area contributed by atoms with Crippen LogP contribution in [0.25, 0.3) is 27.9 Å². The van der Waals surface area contributed by atoms with Crippen molar-refractivity contribution in [3.8, 4) is 17.1 Å². The average Bonchev–Trinajstić information content (AvgIpc) is 3.53. The smallest absolute Gasteiger partial charge is 0.420 e. The van der Waals surface area contributed by atoms with Crippen molar-refractivity contribution in [3.63, 3.8) is 0 Å². The number of anilines is 1. The van der Waals surface area contributed by atoms with Crippen molar-refractivity contribution in [1.29, 1.82) is 0 Å². The number of likely N-dealkylation sites (tertiary alicyclic amines) is 1. The van der Waals surface area contributed by atoms with E-state index in [2.05, 4.69) is 25.5 Å². The van der Waals surface area contributed by atoms with E-state index < -0.39 is 42.5 Å². The fraction of sp³-hybridized carbons (Fsp3) is 0.567. The van der Waals surface area contributed by atoms with Crippen LogP contribution in [0.1, 0.15) is 64.7 Å². The quantitative estimate of drug-likeness (QED) is 0.255. The van der Waals surface area contributed by atoms with Gasteiger partial charge in [0.2, 0.25) is 5.95 Å². The van der Waals surface area contributed by atoms with Crippen LogP contribution in [0.5, 0.6) is 5.75 Å². The molecule has 4 aromatic heterocycles. The van der Waals surface area contributed by atoms with Gasteiger partial charge < -0.3 is 29.4 Å². The number of nitrogens with one attached hydrogen (secondary N) is 1. The molecule has 47 heavy (non-hydrogen) atoms. The number of hydrogen-bond acceptors (Lipinski definition) is 10. The molecule has 4 aromatic rings. The second kappa shape index (κ2) is 12.0. The third-order valence-electron chi connectivity index (χ3n) is 8.06. The Morgan fingerprint density at radius 1 is 1.11 bits per heavy atom. The Morgan fingerprint density at radius 3 is 2.53 bits per heavy atom. The zero-order valence-corrected chi connectivity index (χ0v) is 27.7. The summed E-state index contributed by atoms with van der Waals surface area (Å²) in [7, 11) is -3.12. The van der Waals surface area contributed by atoms with E-state index in [1.165, 1.54) is 34.7 Å². The number of fused-ring (bicyclic) bond motifs is 3. The van der Waals surface area contributed by atoms with Gasteiger partial charge in [0.25, 0.3) is 0 Å². The number of piperidine rings is 1. The highest BCUT2D eigenvalue weighted by molar-refractivity contribution is 7.70. The molecule has 6 heterocycles. The third-order valence-corrected chi connectivity index (χ3v) is 9.49. The first-order valence-electron chi connectivity index (χ1n) is 15.5. The fourth-order valence-electron chi connectivity index (χ4n) is 6.06. The van der Waals surface area contributed by atoms with E-state index >= 15 is 0 Å². The molecular formula is C30H38F3N8O5P. The molecule has 2 atom stereocenters. The summed E-state index contributed by atoms with van der Waals surface area (Å²) in [5, 5.41) is 23.3. The topological polar surface area (TPSA) is 149 Å². The van der Waals surface area contributed by atoms with Crippen LogP contribution in [-0.4, -0.2) is 90.1 Å². The standard InChI is InChI=1S/C30H38F3N8O5P/c1-29(2,3)46-28(43)39-13-8-9-17(16-39)35-27-34-15-18(30(31,32)33)23(36-27)24-22-19-11-12-20(42)26(47(4,5)44)40(19)38-25(22)41(37-24)21-10-6-7-14-45-21/h11-12,15,17,21,42H,6-10,13-14,16H2,1-5H3,(H,34,35,36)/t17-,21?/m0/s1. The minimum atomic E-state index is -4.83. The van der Waals surface area contributed by atoms with Crippen LogP contribution in [-0.2, 0) is 20.2 Å². The Balaban J connectivity index is 1.48.